The Bertz CT molecular complexity index is 847. The van der Waals surface area contributed by atoms with Gasteiger partial charge >= 0.3 is 0 Å². The third kappa shape index (κ3) is 5.78. The summed E-state index contributed by atoms with van der Waals surface area (Å²) in [5.41, 5.74) is 4.32. The van der Waals surface area contributed by atoms with E-state index in [-0.39, 0.29) is 6.42 Å². The fourth-order valence-corrected chi connectivity index (χ4v) is 7.05. The minimum atomic E-state index is -1.03. The maximum atomic E-state index is 11.3. The van der Waals surface area contributed by atoms with Gasteiger partial charge in [-0.3, -0.25) is 0 Å². The smallest absolute Gasteiger partial charge is 0.117 e. The molecule has 3 aliphatic rings. The Labute approximate surface area is 205 Å². The number of hydrogen-bond donors (Lipinski definition) is 3. The lowest BCUT2D eigenvalue weighted by Gasteiger charge is -2.41. The average molecular weight is 473 g/mol. The van der Waals surface area contributed by atoms with E-state index in [0.717, 1.165) is 30.4 Å². The minimum Gasteiger partial charge on any atom is -0.388 e. The summed E-state index contributed by atoms with van der Waals surface area (Å²) >= 11 is 1.44. The van der Waals surface area contributed by atoms with Crippen molar-refractivity contribution >= 4 is 11.8 Å². The molecule has 3 aliphatic carbocycles. The van der Waals surface area contributed by atoms with Gasteiger partial charge in [0.25, 0.3) is 0 Å². The largest absolute Gasteiger partial charge is 0.388 e. The molecule has 2 saturated carbocycles. The van der Waals surface area contributed by atoms with Crippen LogP contribution >= 0.6 is 11.8 Å². The highest BCUT2D eigenvalue weighted by atomic mass is 32.2. The third-order valence-corrected chi connectivity index (χ3v) is 9.69. The first-order valence-electron chi connectivity index (χ1n) is 12.8. The molecule has 4 heteroatoms. The first-order chi connectivity index (χ1) is 15.6. The maximum Gasteiger partial charge on any atom is 0.117 e. The second kappa shape index (κ2) is 10.7. The Morgan fingerprint density at radius 2 is 1.97 bits per heavy atom. The minimum absolute atomic E-state index is 0.286. The van der Waals surface area contributed by atoms with Crippen LogP contribution in [-0.2, 0) is 0 Å². The molecule has 3 nitrogen and oxygen atoms in total. The van der Waals surface area contributed by atoms with Gasteiger partial charge in [0.05, 0.1) is 11.7 Å². The van der Waals surface area contributed by atoms with Crippen molar-refractivity contribution in [3.8, 4) is 0 Å². The quantitative estimate of drug-likeness (QED) is 0.274. The van der Waals surface area contributed by atoms with Crippen molar-refractivity contribution in [1.82, 2.24) is 0 Å². The number of fused-ring (bicyclic) bond motifs is 1. The zero-order chi connectivity index (χ0) is 24.3. The Hall–Kier alpha value is -1.07. The van der Waals surface area contributed by atoms with Gasteiger partial charge in [-0.25, -0.2) is 0 Å². The van der Waals surface area contributed by atoms with E-state index in [1.54, 1.807) is 5.57 Å². The van der Waals surface area contributed by atoms with Crippen molar-refractivity contribution < 1.29 is 15.3 Å². The molecule has 3 N–H and O–H groups in total. The molecule has 0 aliphatic heterocycles. The second-order valence-corrected chi connectivity index (χ2v) is 11.8. The number of aliphatic hydroxyl groups excluding tert-OH is 1. The molecule has 0 aromatic rings. The first-order valence-corrected chi connectivity index (χ1v) is 13.8. The molecule has 0 unspecified atom stereocenters. The van der Waals surface area contributed by atoms with Crippen molar-refractivity contribution in [2.75, 3.05) is 5.75 Å². The number of rotatable bonds is 8. The summed E-state index contributed by atoms with van der Waals surface area (Å²) < 4.78 is 0. The van der Waals surface area contributed by atoms with Crippen LogP contribution in [0.4, 0.5) is 0 Å². The molecule has 2 fully saturated rings. The highest BCUT2D eigenvalue weighted by molar-refractivity contribution is 8.00. The Kier molecular flexibility index (Phi) is 8.59. The zero-order valence-electron chi connectivity index (χ0n) is 21.1. The average Bonchev–Trinajstić information content (AvgIpc) is 3.14. The lowest BCUT2D eigenvalue weighted by Crippen LogP contribution is -2.37. The summed E-state index contributed by atoms with van der Waals surface area (Å²) in [4.78, 5) is -1.03. The molecular weight excluding hydrogens is 428 g/mol. The van der Waals surface area contributed by atoms with Gasteiger partial charge in [-0.2, -0.15) is 0 Å². The molecule has 0 aromatic heterocycles. The number of allylic oxidation sites excluding steroid dienone is 5. The highest BCUT2D eigenvalue weighted by Gasteiger charge is 2.44. The van der Waals surface area contributed by atoms with Gasteiger partial charge < -0.3 is 15.3 Å². The standard InChI is InChI=1S/C29H44O3S/c1-6-24-14-15-25-22(11-9-16-27(24,25)5)12-13-23-19-29(32,20-26(30)21(23)4)33-18-10-17-28(31,7-2)8-3/h10,12-14,17,25-26,30-32H,4,6-9,11,15-16,18-20H2,1-3,5H3/t25-,26+,27-,29+/m1/s1. The van der Waals surface area contributed by atoms with Crippen molar-refractivity contribution in [3.05, 3.63) is 59.3 Å². The highest BCUT2D eigenvalue weighted by Crippen LogP contribution is 2.55. The Morgan fingerprint density at radius 3 is 2.64 bits per heavy atom. The van der Waals surface area contributed by atoms with Crippen molar-refractivity contribution in [2.45, 2.75) is 102 Å². The van der Waals surface area contributed by atoms with Crippen LogP contribution in [0.15, 0.2) is 59.3 Å². The molecule has 33 heavy (non-hydrogen) atoms. The zero-order valence-corrected chi connectivity index (χ0v) is 21.9. The molecule has 0 aromatic carbocycles. The molecule has 0 radical (unpaired) electrons. The fraction of sp³-hybridized carbons (Fsp3) is 0.655. The van der Waals surface area contributed by atoms with Crippen molar-refractivity contribution in [1.29, 1.82) is 0 Å². The third-order valence-electron chi connectivity index (χ3n) is 8.49. The van der Waals surface area contributed by atoms with Crippen LogP contribution in [0, 0.1) is 11.3 Å². The van der Waals surface area contributed by atoms with Crippen LogP contribution < -0.4 is 0 Å². The number of thioether (sulfide) groups is 1. The number of hydrogen-bond acceptors (Lipinski definition) is 4. The number of aliphatic hydroxyl groups is 3. The molecule has 0 bridgehead atoms. The Balaban J connectivity index is 1.72. The Morgan fingerprint density at radius 1 is 1.24 bits per heavy atom. The molecule has 4 atom stereocenters. The van der Waals surface area contributed by atoms with Crippen LogP contribution in [0.5, 0.6) is 0 Å². The van der Waals surface area contributed by atoms with E-state index in [9.17, 15) is 15.3 Å². The van der Waals surface area contributed by atoms with Gasteiger partial charge in [0.15, 0.2) is 0 Å². The van der Waals surface area contributed by atoms with Gasteiger partial charge in [-0.15, -0.1) is 11.8 Å². The van der Waals surface area contributed by atoms with Crippen molar-refractivity contribution in [2.24, 2.45) is 11.3 Å². The van der Waals surface area contributed by atoms with Gasteiger partial charge in [0.2, 0.25) is 0 Å². The summed E-state index contributed by atoms with van der Waals surface area (Å²) in [6.45, 7) is 12.8. The molecule has 184 valence electrons. The van der Waals surface area contributed by atoms with Crippen LogP contribution in [0.1, 0.15) is 85.5 Å². The lowest BCUT2D eigenvalue weighted by atomic mass is 9.64. The predicted molar refractivity (Wildman–Crippen MR) is 141 cm³/mol. The molecule has 0 spiro atoms. The van der Waals surface area contributed by atoms with E-state index >= 15 is 0 Å². The van der Waals surface area contributed by atoms with E-state index in [0.29, 0.717) is 36.3 Å². The molecule has 0 amide bonds. The van der Waals surface area contributed by atoms with E-state index in [1.807, 2.05) is 26.0 Å². The van der Waals surface area contributed by atoms with Crippen LogP contribution in [0.25, 0.3) is 0 Å². The van der Waals surface area contributed by atoms with Crippen LogP contribution in [0.2, 0.25) is 0 Å². The topological polar surface area (TPSA) is 60.7 Å². The van der Waals surface area contributed by atoms with Crippen LogP contribution in [-0.4, -0.2) is 37.7 Å². The molecule has 0 saturated heterocycles. The van der Waals surface area contributed by atoms with E-state index in [2.05, 4.69) is 38.7 Å². The fourth-order valence-electron chi connectivity index (χ4n) is 6.02. The van der Waals surface area contributed by atoms with Gasteiger partial charge in [0.1, 0.15) is 4.93 Å². The maximum absolute atomic E-state index is 11.3. The summed E-state index contributed by atoms with van der Waals surface area (Å²) in [7, 11) is 0. The monoisotopic (exact) mass is 472 g/mol. The van der Waals surface area contributed by atoms with E-state index < -0.39 is 16.6 Å². The van der Waals surface area contributed by atoms with Crippen LogP contribution in [0.3, 0.4) is 0 Å². The van der Waals surface area contributed by atoms with Gasteiger partial charge in [0, 0.05) is 18.6 Å². The van der Waals surface area contributed by atoms with Crippen molar-refractivity contribution in [3.63, 3.8) is 0 Å². The van der Waals surface area contributed by atoms with E-state index in [4.69, 9.17) is 0 Å². The normalized spacial score (nSPS) is 35.5. The summed E-state index contributed by atoms with van der Waals surface area (Å²) in [6.07, 6.45) is 17.9. The summed E-state index contributed by atoms with van der Waals surface area (Å²) in [6, 6.07) is 0. The molecule has 0 heterocycles. The van der Waals surface area contributed by atoms with E-state index in [1.165, 1.54) is 30.2 Å². The van der Waals surface area contributed by atoms with Gasteiger partial charge in [-0.05, 0) is 67.4 Å². The first kappa shape index (κ1) is 26.5. The summed E-state index contributed by atoms with van der Waals surface area (Å²) in [5, 5.41) is 32.3. The predicted octanol–water partition coefficient (Wildman–Crippen LogP) is 6.63. The summed E-state index contributed by atoms with van der Waals surface area (Å²) in [5.74, 6) is 1.17. The lowest BCUT2D eigenvalue weighted by molar-refractivity contribution is 0.0608. The molecular formula is C29H44O3S. The molecule has 3 rings (SSSR count). The SMILES string of the molecule is C=C1C(=CC=C2CCC[C@]3(C)C(CC)=CC[C@H]23)C[C@](O)(SCC=CC(O)(CC)CC)C[C@@H]1O. The second-order valence-electron chi connectivity index (χ2n) is 10.5. The van der Waals surface area contributed by atoms with Gasteiger partial charge in [-0.1, -0.05) is 75.8 Å².